The highest BCUT2D eigenvalue weighted by molar-refractivity contribution is 5.31. The topological polar surface area (TPSA) is 23.5 Å². The van der Waals surface area contributed by atoms with Crippen LogP contribution in [0.4, 0.5) is 0 Å². The first-order chi connectivity index (χ1) is 9.24. The fourth-order valence-corrected chi connectivity index (χ4v) is 3.32. The molecule has 0 aliphatic heterocycles. The van der Waals surface area contributed by atoms with E-state index in [1.54, 1.807) is 0 Å². The molecule has 0 radical (unpaired) electrons. The van der Waals surface area contributed by atoms with Crippen LogP contribution in [-0.2, 0) is 6.42 Å². The van der Waals surface area contributed by atoms with Crippen molar-refractivity contribution in [3.8, 4) is 0 Å². The standard InChI is InChI=1S/C17H25NO/c1-18(12-13-6-7-13)11-10-15-9-8-14-4-2-3-5-16(14)17(15)19/h2-5,13,15,17,19H,6-12H2,1H3. The third-order valence-electron chi connectivity index (χ3n) is 4.75. The number of hydrogen-bond acceptors (Lipinski definition) is 2. The lowest BCUT2D eigenvalue weighted by molar-refractivity contribution is 0.0820. The molecule has 104 valence electrons. The van der Waals surface area contributed by atoms with Gasteiger partial charge >= 0.3 is 0 Å². The Hall–Kier alpha value is -0.860. The van der Waals surface area contributed by atoms with Gasteiger partial charge in [0.2, 0.25) is 0 Å². The fraction of sp³-hybridized carbons (Fsp3) is 0.647. The Labute approximate surface area is 116 Å². The van der Waals surface area contributed by atoms with Crippen LogP contribution in [0.15, 0.2) is 24.3 Å². The summed E-state index contributed by atoms with van der Waals surface area (Å²) in [7, 11) is 2.22. The van der Waals surface area contributed by atoms with E-state index in [2.05, 4.69) is 30.1 Å². The van der Waals surface area contributed by atoms with Gasteiger partial charge in [-0.15, -0.1) is 0 Å². The molecule has 2 aliphatic rings. The largest absolute Gasteiger partial charge is 0.388 e. The van der Waals surface area contributed by atoms with Crippen LogP contribution in [0.5, 0.6) is 0 Å². The lowest BCUT2D eigenvalue weighted by Gasteiger charge is -2.31. The van der Waals surface area contributed by atoms with Crippen molar-refractivity contribution < 1.29 is 5.11 Å². The third-order valence-corrected chi connectivity index (χ3v) is 4.75. The Bertz CT molecular complexity index is 427. The van der Waals surface area contributed by atoms with Crippen LogP contribution in [0.25, 0.3) is 0 Å². The Kier molecular flexibility index (Phi) is 3.90. The van der Waals surface area contributed by atoms with Gasteiger partial charge < -0.3 is 10.0 Å². The molecule has 0 bridgehead atoms. The van der Waals surface area contributed by atoms with Gasteiger partial charge in [0.05, 0.1) is 6.10 Å². The van der Waals surface area contributed by atoms with Gasteiger partial charge in [0.25, 0.3) is 0 Å². The number of hydrogen-bond donors (Lipinski definition) is 1. The minimum atomic E-state index is -0.251. The molecule has 0 heterocycles. The average Bonchev–Trinajstić information content (AvgIpc) is 3.22. The molecule has 2 nitrogen and oxygen atoms in total. The zero-order chi connectivity index (χ0) is 13.2. The van der Waals surface area contributed by atoms with E-state index < -0.39 is 0 Å². The highest BCUT2D eigenvalue weighted by Gasteiger charge is 2.28. The minimum absolute atomic E-state index is 0.251. The van der Waals surface area contributed by atoms with Crippen LogP contribution in [-0.4, -0.2) is 30.1 Å². The van der Waals surface area contributed by atoms with Gasteiger partial charge in [-0.3, -0.25) is 0 Å². The number of aryl methyl sites for hydroxylation is 1. The first-order valence-electron chi connectivity index (χ1n) is 7.68. The smallest absolute Gasteiger partial charge is 0.0821 e. The first-order valence-corrected chi connectivity index (χ1v) is 7.68. The van der Waals surface area contributed by atoms with Crippen molar-refractivity contribution in [2.45, 2.75) is 38.2 Å². The van der Waals surface area contributed by atoms with Gasteiger partial charge in [-0.2, -0.15) is 0 Å². The molecular weight excluding hydrogens is 234 g/mol. The Morgan fingerprint density at radius 3 is 2.79 bits per heavy atom. The van der Waals surface area contributed by atoms with Crippen LogP contribution in [0, 0.1) is 11.8 Å². The molecule has 1 N–H and O–H groups in total. The zero-order valence-corrected chi connectivity index (χ0v) is 11.9. The summed E-state index contributed by atoms with van der Waals surface area (Å²) in [5, 5.41) is 10.5. The lowest BCUT2D eigenvalue weighted by atomic mass is 9.80. The molecule has 2 aliphatic carbocycles. The van der Waals surface area contributed by atoms with E-state index in [0.717, 1.165) is 31.7 Å². The summed E-state index contributed by atoms with van der Waals surface area (Å²) in [6.45, 7) is 2.37. The summed E-state index contributed by atoms with van der Waals surface area (Å²) in [6, 6.07) is 8.38. The van der Waals surface area contributed by atoms with Crippen molar-refractivity contribution in [1.29, 1.82) is 0 Å². The van der Waals surface area contributed by atoms with Crippen molar-refractivity contribution in [2.24, 2.45) is 11.8 Å². The van der Waals surface area contributed by atoms with Crippen molar-refractivity contribution in [2.75, 3.05) is 20.1 Å². The van der Waals surface area contributed by atoms with Gasteiger partial charge in [0.1, 0.15) is 0 Å². The normalized spacial score (nSPS) is 26.5. The molecule has 1 fully saturated rings. The molecule has 1 saturated carbocycles. The summed E-state index contributed by atoms with van der Waals surface area (Å²) in [5.41, 5.74) is 2.51. The number of rotatable bonds is 5. The second kappa shape index (κ2) is 5.64. The molecule has 1 aromatic carbocycles. The summed E-state index contributed by atoms with van der Waals surface area (Å²) in [5.74, 6) is 1.40. The molecule has 19 heavy (non-hydrogen) atoms. The Balaban J connectivity index is 1.54. The monoisotopic (exact) mass is 259 g/mol. The Morgan fingerprint density at radius 1 is 1.21 bits per heavy atom. The minimum Gasteiger partial charge on any atom is -0.388 e. The van der Waals surface area contributed by atoms with E-state index in [-0.39, 0.29) is 6.10 Å². The maximum Gasteiger partial charge on any atom is 0.0821 e. The highest BCUT2D eigenvalue weighted by Crippen LogP contribution is 2.36. The second-order valence-electron chi connectivity index (χ2n) is 6.44. The third kappa shape index (κ3) is 3.18. The van der Waals surface area contributed by atoms with Gasteiger partial charge in [-0.05, 0) is 68.7 Å². The number of fused-ring (bicyclic) bond motifs is 1. The van der Waals surface area contributed by atoms with E-state index >= 15 is 0 Å². The zero-order valence-electron chi connectivity index (χ0n) is 11.9. The highest BCUT2D eigenvalue weighted by atomic mass is 16.3. The maximum atomic E-state index is 10.5. The number of aliphatic hydroxyl groups excluding tert-OH is 1. The van der Waals surface area contributed by atoms with Crippen LogP contribution in [0.3, 0.4) is 0 Å². The van der Waals surface area contributed by atoms with E-state index in [4.69, 9.17) is 0 Å². The molecule has 2 atom stereocenters. The van der Waals surface area contributed by atoms with Gasteiger partial charge in [-0.1, -0.05) is 24.3 Å². The van der Waals surface area contributed by atoms with Crippen LogP contribution in [0.1, 0.15) is 42.9 Å². The van der Waals surface area contributed by atoms with Gasteiger partial charge in [-0.25, -0.2) is 0 Å². The van der Waals surface area contributed by atoms with Crippen LogP contribution >= 0.6 is 0 Å². The van der Waals surface area contributed by atoms with Crippen molar-refractivity contribution in [3.63, 3.8) is 0 Å². The van der Waals surface area contributed by atoms with E-state index in [1.165, 1.54) is 30.5 Å². The first kappa shape index (κ1) is 13.1. The summed E-state index contributed by atoms with van der Waals surface area (Å²) < 4.78 is 0. The lowest BCUT2D eigenvalue weighted by Crippen LogP contribution is -2.28. The molecule has 2 unspecified atom stereocenters. The molecule has 0 aromatic heterocycles. The molecule has 3 rings (SSSR count). The molecular formula is C17H25NO. The number of benzene rings is 1. The second-order valence-corrected chi connectivity index (χ2v) is 6.44. The summed E-state index contributed by atoms with van der Waals surface area (Å²) in [4.78, 5) is 2.45. The quantitative estimate of drug-likeness (QED) is 0.878. The van der Waals surface area contributed by atoms with E-state index in [1.807, 2.05) is 6.07 Å². The summed E-state index contributed by atoms with van der Waals surface area (Å²) in [6.07, 6.45) is 5.98. The SMILES string of the molecule is CN(CCC1CCc2ccccc2C1O)CC1CC1. The van der Waals surface area contributed by atoms with Gasteiger partial charge in [0, 0.05) is 6.54 Å². The molecule has 0 spiro atoms. The number of aliphatic hydroxyl groups is 1. The molecule has 1 aromatic rings. The predicted molar refractivity (Wildman–Crippen MR) is 78.1 cm³/mol. The molecule has 0 amide bonds. The fourth-order valence-electron chi connectivity index (χ4n) is 3.32. The van der Waals surface area contributed by atoms with Crippen LogP contribution < -0.4 is 0 Å². The van der Waals surface area contributed by atoms with Crippen molar-refractivity contribution in [1.82, 2.24) is 4.90 Å². The van der Waals surface area contributed by atoms with E-state index in [9.17, 15) is 5.11 Å². The molecule has 0 saturated heterocycles. The average molecular weight is 259 g/mol. The summed E-state index contributed by atoms with van der Waals surface area (Å²) >= 11 is 0. The van der Waals surface area contributed by atoms with Crippen molar-refractivity contribution >= 4 is 0 Å². The Morgan fingerprint density at radius 2 is 2.00 bits per heavy atom. The van der Waals surface area contributed by atoms with Gasteiger partial charge in [0.15, 0.2) is 0 Å². The van der Waals surface area contributed by atoms with E-state index in [0.29, 0.717) is 5.92 Å². The van der Waals surface area contributed by atoms with Crippen molar-refractivity contribution in [3.05, 3.63) is 35.4 Å². The van der Waals surface area contributed by atoms with Crippen LogP contribution in [0.2, 0.25) is 0 Å². The molecule has 2 heteroatoms. The number of nitrogens with zero attached hydrogens (tertiary/aromatic N) is 1. The maximum absolute atomic E-state index is 10.5. The predicted octanol–water partition coefficient (Wildman–Crippen LogP) is 3.01.